The molecule has 2 aliphatic carbocycles. The highest BCUT2D eigenvalue weighted by atomic mass is 32.2. The molecular formula is C16H16N2O4S. The molecule has 7 heteroatoms. The second kappa shape index (κ2) is 6.02. The Balaban J connectivity index is 0.000000183. The van der Waals surface area contributed by atoms with Gasteiger partial charge < -0.3 is 9.90 Å². The lowest BCUT2D eigenvalue weighted by atomic mass is 10.2. The van der Waals surface area contributed by atoms with E-state index in [0.717, 1.165) is 4.31 Å². The molecule has 0 saturated carbocycles. The zero-order chi connectivity index (χ0) is 16.4. The first-order valence-corrected chi connectivity index (χ1v) is 8.55. The molecule has 0 spiro atoms. The van der Waals surface area contributed by atoms with Crippen molar-refractivity contribution < 1.29 is 18.3 Å². The molecule has 1 aromatic rings. The lowest BCUT2D eigenvalue weighted by molar-refractivity contribution is -0.108. The second-order valence-electron chi connectivity index (χ2n) is 5.38. The molecule has 1 atom stereocenters. The Kier molecular flexibility index (Phi) is 4.06. The predicted molar refractivity (Wildman–Crippen MR) is 87.3 cm³/mol. The number of phenolic OH excluding ortho intramolecular Hbond substituents is 1. The van der Waals surface area contributed by atoms with Crippen molar-refractivity contribution in [1.82, 2.24) is 4.72 Å². The van der Waals surface area contributed by atoms with E-state index in [-0.39, 0.29) is 18.0 Å². The first kappa shape index (κ1) is 15.5. The summed E-state index contributed by atoms with van der Waals surface area (Å²) in [6.07, 6.45) is 10.4. The minimum Gasteiger partial charge on any atom is -0.506 e. The fourth-order valence-corrected chi connectivity index (χ4v) is 3.96. The van der Waals surface area contributed by atoms with Gasteiger partial charge >= 0.3 is 10.2 Å². The summed E-state index contributed by atoms with van der Waals surface area (Å²) in [5.74, 6) is -0.139. The number of para-hydroxylation sites is 2. The molecule has 1 heterocycles. The summed E-state index contributed by atoms with van der Waals surface area (Å²) in [5, 5.41) is 9.54. The number of hydrogen-bond acceptors (Lipinski definition) is 4. The Hall–Kier alpha value is -2.38. The number of aldehydes is 1. The van der Waals surface area contributed by atoms with Crippen LogP contribution in [0.1, 0.15) is 6.42 Å². The fraction of sp³-hybridized carbons (Fsp3) is 0.188. The molecule has 120 valence electrons. The Labute approximate surface area is 134 Å². The lowest BCUT2D eigenvalue weighted by Gasteiger charge is -2.16. The van der Waals surface area contributed by atoms with Crippen LogP contribution >= 0.6 is 0 Å². The van der Waals surface area contributed by atoms with Crippen LogP contribution in [0.15, 0.2) is 59.7 Å². The third kappa shape index (κ3) is 3.20. The zero-order valence-electron chi connectivity index (χ0n) is 12.2. The van der Waals surface area contributed by atoms with Gasteiger partial charge in [-0.15, -0.1) is 0 Å². The monoisotopic (exact) mass is 332 g/mol. The number of carbonyl (C=O) groups excluding carboxylic acids is 1. The predicted octanol–water partition coefficient (Wildman–Crippen LogP) is 1.43. The molecule has 1 fully saturated rings. The van der Waals surface area contributed by atoms with Gasteiger partial charge in [-0.3, -0.25) is 4.31 Å². The van der Waals surface area contributed by atoms with E-state index in [0.29, 0.717) is 6.29 Å². The largest absolute Gasteiger partial charge is 0.506 e. The first-order chi connectivity index (χ1) is 11.0. The topological polar surface area (TPSA) is 86.7 Å². The van der Waals surface area contributed by atoms with Crippen LogP contribution in [0.3, 0.4) is 0 Å². The lowest BCUT2D eigenvalue weighted by Crippen LogP contribution is -2.30. The normalized spacial score (nSPS) is 23.1. The molecule has 0 aromatic heterocycles. The average molecular weight is 332 g/mol. The van der Waals surface area contributed by atoms with Crippen molar-refractivity contribution in [2.75, 3.05) is 10.8 Å². The van der Waals surface area contributed by atoms with Crippen molar-refractivity contribution in [2.24, 2.45) is 0 Å². The number of nitrogens with one attached hydrogen (secondary N) is 1. The Bertz CT molecular complexity index is 804. The minimum atomic E-state index is -3.73. The highest BCUT2D eigenvalue weighted by Gasteiger charge is 2.36. The van der Waals surface area contributed by atoms with Crippen LogP contribution in [-0.2, 0) is 15.0 Å². The van der Waals surface area contributed by atoms with E-state index < -0.39 is 16.3 Å². The summed E-state index contributed by atoms with van der Waals surface area (Å²) in [4.78, 5) is 10.5. The van der Waals surface area contributed by atoms with Gasteiger partial charge in [0.1, 0.15) is 12.0 Å². The van der Waals surface area contributed by atoms with Crippen molar-refractivity contribution >= 4 is 22.2 Å². The highest BCUT2D eigenvalue weighted by Crippen LogP contribution is 2.30. The molecule has 3 aliphatic rings. The van der Waals surface area contributed by atoms with Gasteiger partial charge in [0.2, 0.25) is 0 Å². The standard InChI is InChI=1S/C9H10N2O4S.C7H6/c12-6-7-5-11(16(14,15)10-7)8-3-1-2-4-9(8)13;1-2-7-4-3-6(1)5-7/h1-4,6-7,10,13H,5H2;1-4H,5H2. The maximum atomic E-state index is 11.6. The summed E-state index contributed by atoms with van der Waals surface area (Å²) in [6, 6.07) is 5.29. The number of phenols is 1. The molecule has 2 N–H and O–H groups in total. The number of carbonyl (C=O) groups is 1. The number of fused-ring (bicyclic) bond motifs is 2. The molecule has 23 heavy (non-hydrogen) atoms. The Morgan fingerprint density at radius 1 is 1.17 bits per heavy atom. The van der Waals surface area contributed by atoms with Crippen LogP contribution < -0.4 is 9.03 Å². The van der Waals surface area contributed by atoms with Crippen LogP contribution in [-0.4, -0.2) is 32.4 Å². The number of rotatable bonds is 2. The van der Waals surface area contributed by atoms with Gasteiger partial charge in [0.05, 0.1) is 18.3 Å². The maximum Gasteiger partial charge on any atom is 0.302 e. The van der Waals surface area contributed by atoms with Crippen LogP contribution in [0, 0.1) is 0 Å². The second-order valence-corrected chi connectivity index (χ2v) is 7.01. The first-order valence-electron chi connectivity index (χ1n) is 7.11. The quantitative estimate of drug-likeness (QED) is 0.802. The van der Waals surface area contributed by atoms with E-state index in [2.05, 4.69) is 29.0 Å². The number of benzene rings is 1. The molecule has 0 amide bonds. The van der Waals surface area contributed by atoms with E-state index in [1.807, 2.05) is 0 Å². The molecular weight excluding hydrogens is 316 g/mol. The number of anilines is 1. The van der Waals surface area contributed by atoms with Gasteiger partial charge in [-0.1, -0.05) is 36.4 Å². The molecule has 1 aromatic carbocycles. The van der Waals surface area contributed by atoms with Crippen molar-refractivity contribution in [3.05, 3.63) is 59.7 Å². The number of nitrogens with zero attached hydrogens (tertiary/aromatic N) is 1. The minimum absolute atomic E-state index is 0.0105. The van der Waals surface area contributed by atoms with Gasteiger partial charge in [-0.05, 0) is 29.7 Å². The van der Waals surface area contributed by atoms with E-state index >= 15 is 0 Å². The van der Waals surface area contributed by atoms with E-state index in [1.165, 1.54) is 29.7 Å². The molecule has 1 unspecified atom stereocenters. The van der Waals surface area contributed by atoms with Gasteiger partial charge in [-0.25, -0.2) is 0 Å². The summed E-state index contributed by atoms with van der Waals surface area (Å²) in [5.41, 5.74) is 3.10. The Morgan fingerprint density at radius 3 is 2.26 bits per heavy atom. The van der Waals surface area contributed by atoms with E-state index in [9.17, 15) is 18.3 Å². The van der Waals surface area contributed by atoms with Crippen LogP contribution in [0.5, 0.6) is 5.75 Å². The van der Waals surface area contributed by atoms with Gasteiger partial charge in [0.25, 0.3) is 0 Å². The van der Waals surface area contributed by atoms with Crippen molar-refractivity contribution in [1.29, 1.82) is 0 Å². The molecule has 1 aliphatic heterocycles. The molecule has 4 rings (SSSR count). The van der Waals surface area contributed by atoms with Gasteiger partial charge in [0.15, 0.2) is 0 Å². The highest BCUT2D eigenvalue weighted by molar-refractivity contribution is 7.91. The van der Waals surface area contributed by atoms with E-state index in [4.69, 9.17) is 0 Å². The Morgan fingerprint density at radius 2 is 1.83 bits per heavy atom. The third-order valence-corrected chi connectivity index (χ3v) is 5.23. The van der Waals surface area contributed by atoms with Crippen LogP contribution in [0.4, 0.5) is 5.69 Å². The number of aromatic hydroxyl groups is 1. The van der Waals surface area contributed by atoms with Crippen LogP contribution in [0.2, 0.25) is 0 Å². The number of hydrogen-bond donors (Lipinski definition) is 2. The SMILES string of the molecule is C1=CC2=CC=C1C2.O=CC1CN(c2ccccc2O)S(=O)(=O)N1. The van der Waals surface area contributed by atoms with Crippen molar-refractivity contribution in [2.45, 2.75) is 12.5 Å². The summed E-state index contributed by atoms with van der Waals surface area (Å²) in [7, 11) is -3.73. The number of allylic oxidation sites excluding steroid dienone is 6. The zero-order valence-corrected chi connectivity index (χ0v) is 13.0. The van der Waals surface area contributed by atoms with Crippen LogP contribution in [0.25, 0.3) is 0 Å². The average Bonchev–Trinajstić information content (AvgIpc) is 3.24. The maximum absolute atomic E-state index is 11.6. The molecule has 1 saturated heterocycles. The van der Waals surface area contributed by atoms with Crippen molar-refractivity contribution in [3.63, 3.8) is 0 Å². The summed E-state index contributed by atoms with van der Waals surface area (Å²) >= 11 is 0. The molecule has 6 nitrogen and oxygen atoms in total. The summed E-state index contributed by atoms with van der Waals surface area (Å²) in [6.45, 7) is -0.0105. The molecule has 0 radical (unpaired) electrons. The smallest absolute Gasteiger partial charge is 0.302 e. The fourth-order valence-electron chi connectivity index (χ4n) is 2.55. The molecule has 2 bridgehead atoms. The van der Waals surface area contributed by atoms with E-state index in [1.54, 1.807) is 12.1 Å². The third-order valence-electron chi connectivity index (χ3n) is 3.70. The van der Waals surface area contributed by atoms with Crippen molar-refractivity contribution in [3.8, 4) is 5.75 Å². The summed E-state index contributed by atoms with van der Waals surface area (Å²) < 4.78 is 26.4. The van der Waals surface area contributed by atoms with Gasteiger partial charge in [0, 0.05) is 0 Å². The van der Waals surface area contributed by atoms with Gasteiger partial charge in [-0.2, -0.15) is 13.1 Å².